The highest BCUT2D eigenvalue weighted by Gasteiger charge is 2.26. The second kappa shape index (κ2) is 14.3. The predicted octanol–water partition coefficient (Wildman–Crippen LogP) is 4.72. The Morgan fingerprint density at radius 2 is 1.64 bits per heavy atom. The molecule has 10 nitrogen and oxygen atoms in total. The molecule has 3 aromatic carbocycles. The van der Waals surface area contributed by atoms with Crippen molar-refractivity contribution in [2.45, 2.75) is 31.7 Å². The first-order valence-corrected chi connectivity index (χ1v) is 14.5. The van der Waals surface area contributed by atoms with E-state index in [2.05, 4.69) is 20.6 Å². The van der Waals surface area contributed by atoms with E-state index < -0.39 is 42.1 Å². The zero-order valence-corrected chi connectivity index (χ0v) is 24.1. The van der Waals surface area contributed by atoms with Crippen molar-refractivity contribution in [3.8, 4) is 11.4 Å². The van der Waals surface area contributed by atoms with E-state index in [9.17, 15) is 23.9 Å². The Hall–Kier alpha value is -5.20. The minimum absolute atomic E-state index is 0.0193. The first kappa shape index (κ1) is 30.3. The van der Waals surface area contributed by atoms with Gasteiger partial charge in [0.1, 0.15) is 41.6 Å². The Morgan fingerprint density at radius 3 is 2.30 bits per heavy atom. The molecule has 2 heterocycles. The number of aliphatic hydroxyl groups excluding tert-OH is 1. The maximum atomic E-state index is 13.7. The molecule has 0 aliphatic heterocycles. The third-order valence-electron chi connectivity index (χ3n) is 6.63. The minimum atomic E-state index is -1.11. The van der Waals surface area contributed by atoms with Crippen LogP contribution in [0.5, 0.6) is 0 Å². The molecular formula is C32H28FN5O5S. The molecule has 224 valence electrons. The van der Waals surface area contributed by atoms with Gasteiger partial charge in [-0.05, 0) is 41.8 Å². The van der Waals surface area contributed by atoms with Gasteiger partial charge in [-0.2, -0.15) is 0 Å². The standard InChI is InChI=1S/C32H28FN5O5S/c33-24-13-11-23(12-14-24)29-35-18-26(37-32(42)43-20-22-9-5-2-6-10-22)31(41)38(29)19-27(39)36-25(17-21-7-3-1-4-8-21)28(40)30-34-15-16-44-30/h1-16,18,25,28,40H,17,19-20H2,(H,36,39)(H,37,42). The van der Waals surface area contributed by atoms with Crippen LogP contribution in [0.4, 0.5) is 14.9 Å². The smallest absolute Gasteiger partial charge is 0.412 e. The molecule has 5 aromatic rings. The summed E-state index contributed by atoms with van der Waals surface area (Å²) >= 11 is 1.25. The number of carbonyl (C=O) groups excluding carboxylic acids is 2. The Balaban J connectivity index is 1.40. The quantitative estimate of drug-likeness (QED) is 0.196. The van der Waals surface area contributed by atoms with E-state index >= 15 is 0 Å². The van der Waals surface area contributed by atoms with Crippen LogP contribution in [0.3, 0.4) is 0 Å². The second-order valence-corrected chi connectivity index (χ2v) is 10.7. The third-order valence-corrected chi connectivity index (χ3v) is 7.48. The number of aliphatic hydroxyl groups is 1. The summed E-state index contributed by atoms with van der Waals surface area (Å²) in [5.74, 6) is -1.01. The molecule has 12 heteroatoms. The second-order valence-electron chi connectivity index (χ2n) is 9.76. The first-order valence-electron chi connectivity index (χ1n) is 13.6. The fourth-order valence-electron chi connectivity index (χ4n) is 4.48. The van der Waals surface area contributed by atoms with Gasteiger partial charge >= 0.3 is 6.09 Å². The summed E-state index contributed by atoms with van der Waals surface area (Å²) in [4.78, 5) is 48.1. The van der Waals surface area contributed by atoms with Gasteiger partial charge in [0, 0.05) is 17.1 Å². The fraction of sp³-hybridized carbons (Fsp3) is 0.156. The number of anilines is 1. The summed E-state index contributed by atoms with van der Waals surface area (Å²) < 4.78 is 20.0. The number of halogens is 1. The van der Waals surface area contributed by atoms with E-state index in [0.29, 0.717) is 17.0 Å². The van der Waals surface area contributed by atoms with Gasteiger partial charge < -0.3 is 15.2 Å². The van der Waals surface area contributed by atoms with Crippen molar-refractivity contribution in [2.75, 3.05) is 5.32 Å². The fourth-order valence-corrected chi connectivity index (χ4v) is 5.17. The lowest BCUT2D eigenvalue weighted by molar-refractivity contribution is -0.123. The lowest BCUT2D eigenvalue weighted by Gasteiger charge is -2.24. The molecule has 5 rings (SSSR count). The van der Waals surface area contributed by atoms with Gasteiger partial charge in [0.15, 0.2) is 0 Å². The van der Waals surface area contributed by atoms with Gasteiger partial charge in [-0.1, -0.05) is 60.7 Å². The SMILES string of the molecule is O=C(Cn1c(-c2ccc(F)cc2)ncc(NC(=O)OCc2ccccc2)c1=O)NC(Cc1ccccc1)C(O)c1nccs1. The number of hydrogen-bond acceptors (Lipinski definition) is 8. The van der Waals surface area contributed by atoms with Crippen LogP contribution in [-0.4, -0.2) is 37.7 Å². The molecule has 0 aliphatic carbocycles. The van der Waals surface area contributed by atoms with Crippen LogP contribution in [-0.2, 0) is 29.1 Å². The first-order chi connectivity index (χ1) is 21.4. The minimum Gasteiger partial charge on any atom is -0.444 e. The van der Waals surface area contributed by atoms with Crippen LogP contribution < -0.4 is 16.2 Å². The van der Waals surface area contributed by atoms with Gasteiger partial charge in [0.2, 0.25) is 5.91 Å². The summed E-state index contributed by atoms with van der Waals surface area (Å²) in [5.41, 5.74) is 1.06. The van der Waals surface area contributed by atoms with Crippen molar-refractivity contribution in [2.24, 2.45) is 0 Å². The number of carbonyl (C=O) groups is 2. The third kappa shape index (κ3) is 7.79. The van der Waals surface area contributed by atoms with Crippen molar-refractivity contribution in [3.63, 3.8) is 0 Å². The number of hydrogen-bond donors (Lipinski definition) is 3. The Morgan fingerprint density at radius 1 is 0.955 bits per heavy atom. The highest BCUT2D eigenvalue weighted by Crippen LogP contribution is 2.22. The number of nitrogens with zero attached hydrogens (tertiary/aromatic N) is 3. The maximum Gasteiger partial charge on any atom is 0.412 e. The van der Waals surface area contributed by atoms with Crippen LogP contribution in [0, 0.1) is 5.82 Å². The molecule has 2 atom stereocenters. The largest absolute Gasteiger partial charge is 0.444 e. The zero-order valence-electron chi connectivity index (χ0n) is 23.3. The van der Waals surface area contributed by atoms with Gasteiger partial charge in [0.25, 0.3) is 5.56 Å². The summed E-state index contributed by atoms with van der Waals surface area (Å²) in [7, 11) is 0. The number of amides is 2. The van der Waals surface area contributed by atoms with E-state index in [1.165, 1.54) is 35.6 Å². The summed E-state index contributed by atoms with van der Waals surface area (Å²) in [5, 5.41) is 18.5. The van der Waals surface area contributed by atoms with E-state index in [1.54, 1.807) is 35.8 Å². The van der Waals surface area contributed by atoms with Crippen molar-refractivity contribution in [3.05, 3.63) is 135 Å². The van der Waals surface area contributed by atoms with Crippen LogP contribution in [0.25, 0.3) is 11.4 Å². The van der Waals surface area contributed by atoms with E-state index in [4.69, 9.17) is 4.74 Å². The molecule has 2 aromatic heterocycles. The van der Waals surface area contributed by atoms with Crippen LogP contribution in [0.2, 0.25) is 0 Å². The molecule has 44 heavy (non-hydrogen) atoms. The number of aromatic nitrogens is 3. The molecule has 0 saturated carbocycles. The topological polar surface area (TPSA) is 135 Å². The molecule has 0 spiro atoms. The van der Waals surface area contributed by atoms with Gasteiger partial charge in [-0.3, -0.25) is 19.5 Å². The zero-order chi connectivity index (χ0) is 30.9. The van der Waals surface area contributed by atoms with E-state index in [1.807, 2.05) is 36.4 Å². The number of benzene rings is 3. The van der Waals surface area contributed by atoms with E-state index in [0.717, 1.165) is 21.9 Å². The average Bonchev–Trinajstić information content (AvgIpc) is 3.58. The lowest BCUT2D eigenvalue weighted by atomic mass is 10.0. The van der Waals surface area contributed by atoms with E-state index in [-0.39, 0.29) is 18.1 Å². The lowest BCUT2D eigenvalue weighted by Crippen LogP contribution is -2.44. The Labute approximate surface area is 255 Å². The number of nitrogens with one attached hydrogen (secondary N) is 2. The van der Waals surface area contributed by atoms with Crippen LogP contribution >= 0.6 is 11.3 Å². The molecule has 0 saturated heterocycles. The molecule has 0 radical (unpaired) electrons. The molecule has 0 bridgehead atoms. The molecule has 2 amide bonds. The summed E-state index contributed by atoms with van der Waals surface area (Å²) in [6, 6.07) is 22.8. The highest BCUT2D eigenvalue weighted by molar-refractivity contribution is 7.09. The Kier molecular flexibility index (Phi) is 9.85. The van der Waals surface area contributed by atoms with Gasteiger partial charge in [-0.15, -0.1) is 11.3 Å². The molecule has 0 aliphatic rings. The Bertz CT molecular complexity index is 1750. The van der Waals surface area contributed by atoms with Crippen molar-refractivity contribution >= 4 is 29.0 Å². The molecule has 0 fully saturated rings. The van der Waals surface area contributed by atoms with Gasteiger partial charge in [-0.25, -0.2) is 19.2 Å². The summed E-state index contributed by atoms with van der Waals surface area (Å²) in [6.07, 6.45) is 1.02. The normalized spacial score (nSPS) is 12.2. The van der Waals surface area contributed by atoms with Crippen LogP contribution in [0.1, 0.15) is 22.2 Å². The summed E-state index contributed by atoms with van der Waals surface area (Å²) in [6.45, 7) is -0.530. The highest BCUT2D eigenvalue weighted by atomic mass is 32.1. The van der Waals surface area contributed by atoms with Gasteiger partial charge in [0.05, 0.1) is 12.2 Å². The van der Waals surface area contributed by atoms with Crippen LogP contribution in [0.15, 0.2) is 107 Å². The number of rotatable bonds is 11. The predicted molar refractivity (Wildman–Crippen MR) is 163 cm³/mol. The number of thiazole rings is 1. The van der Waals surface area contributed by atoms with Crippen molar-refractivity contribution in [1.82, 2.24) is 19.9 Å². The average molecular weight is 614 g/mol. The molecule has 3 N–H and O–H groups in total. The van der Waals surface area contributed by atoms with Crippen molar-refractivity contribution < 1.29 is 23.8 Å². The maximum absolute atomic E-state index is 13.7. The molecular weight excluding hydrogens is 585 g/mol. The number of ether oxygens (including phenoxy) is 1. The van der Waals surface area contributed by atoms with Crippen molar-refractivity contribution in [1.29, 1.82) is 0 Å². The monoisotopic (exact) mass is 613 g/mol. The molecule has 2 unspecified atom stereocenters.